The Kier molecular flexibility index (Phi) is 6.49. The zero-order valence-electron chi connectivity index (χ0n) is 17.9. The Morgan fingerprint density at radius 3 is 2.65 bits per heavy atom. The minimum Gasteiger partial charge on any atom is -0.489 e. The van der Waals surface area contributed by atoms with Gasteiger partial charge in [-0.2, -0.15) is 0 Å². The maximum Gasteiger partial charge on any atom is 0.263 e. The van der Waals surface area contributed by atoms with Gasteiger partial charge >= 0.3 is 0 Å². The summed E-state index contributed by atoms with van der Waals surface area (Å²) in [5, 5.41) is 1.82. The first-order chi connectivity index (χ1) is 16.3. The molecule has 0 spiro atoms. The van der Waals surface area contributed by atoms with E-state index in [4.69, 9.17) is 16.3 Å². The van der Waals surface area contributed by atoms with Crippen molar-refractivity contribution in [2.24, 2.45) is 0 Å². The lowest BCUT2D eigenvalue weighted by atomic mass is 9.77. The fourth-order valence-corrected chi connectivity index (χ4v) is 6.56. The second kappa shape index (κ2) is 9.41. The summed E-state index contributed by atoms with van der Waals surface area (Å²) in [6, 6.07) is 11.6. The van der Waals surface area contributed by atoms with E-state index >= 15 is 0 Å². The standard InChI is InChI=1S/C23H22ClF2N3O3S2/c24-20-10-19(34(30,31)28-22-12-33-13-27-22)4-5-21(20)32-18-8-16-7-17(9-18)29(16)11-14-2-1-3-15(6-14)23(25)26/h1-6,10,12-13,16-18,23,28H,7-9,11H2/t16-,17+,18?. The van der Waals surface area contributed by atoms with E-state index < -0.39 is 16.4 Å². The van der Waals surface area contributed by atoms with Gasteiger partial charge < -0.3 is 4.74 Å². The van der Waals surface area contributed by atoms with Crippen molar-refractivity contribution in [1.29, 1.82) is 0 Å². The zero-order valence-corrected chi connectivity index (χ0v) is 20.3. The molecule has 3 aliphatic rings. The number of thiazole rings is 1. The van der Waals surface area contributed by atoms with Crippen LogP contribution in [0.1, 0.15) is 36.8 Å². The third-order valence-electron chi connectivity index (χ3n) is 6.30. The van der Waals surface area contributed by atoms with Crippen molar-refractivity contribution in [2.75, 3.05) is 4.72 Å². The Labute approximate surface area is 205 Å². The molecular weight excluding hydrogens is 504 g/mol. The summed E-state index contributed by atoms with van der Waals surface area (Å²) in [7, 11) is -3.80. The van der Waals surface area contributed by atoms with Gasteiger partial charge in [0.05, 0.1) is 15.4 Å². The van der Waals surface area contributed by atoms with Gasteiger partial charge in [-0.3, -0.25) is 9.62 Å². The Bertz CT molecular complexity index is 1260. The largest absolute Gasteiger partial charge is 0.489 e. The molecule has 6 nitrogen and oxygen atoms in total. The minimum atomic E-state index is -3.80. The van der Waals surface area contributed by atoms with Crippen LogP contribution in [0.3, 0.4) is 0 Å². The smallest absolute Gasteiger partial charge is 0.263 e. The van der Waals surface area contributed by atoms with Crippen molar-refractivity contribution < 1.29 is 21.9 Å². The summed E-state index contributed by atoms with van der Waals surface area (Å²) in [4.78, 5) is 6.30. The van der Waals surface area contributed by atoms with E-state index in [0.29, 0.717) is 24.4 Å². The highest BCUT2D eigenvalue weighted by Gasteiger charge is 2.46. The topological polar surface area (TPSA) is 71.5 Å². The molecule has 1 N–H and O–H groups in total. The lowest BCUT2D eigenvalue weighted by Crippen LogP contribution is -2.62. The molecule has 1 saturated carbocycles. The number of rotatable bonds is 8. The summed E-state index contributed by atoms with van der Waals surface area (Å²) in [5.74, 6) is 0.699. The molecule has 11 heteroatoms. The van der Waals surface area contributed by atoms with Crippen molar-refractivity contribution >= 4 is 38.8 Å². The van der Waals surface area contributed by atoms with E-state index in [2.05, 4.69) is 14.6 Å². The number of hydrogen-bond acceptors (Lipinski definition) is 6. The quantitative estimate of drug-likeness (QED) is 0.407. The second-order valence-electron chi connectivity index (χ2n) is 8.54. The average Bonchev–Trinajstić information content (AvgIpc) is 3.31. The number of alkyl halides is 2. The Morgan fingerprint density at radius 2 is 1.97 bits per heavy atom. The predicted octanol–water partition coefficient (Wildman–Crippen LogP) is 5.72. The van der Waals surface area contributed by atoms with Crippen LogP contribution in [0.5, 0.6) is 5.75 Å². The maximum absolute atomic E-state index is 13.0. The number of fused-ring (bicyclic) bond motifs is 2. The molecule has 3 aromatic rings. The molecule has 34 heavy (non-hydrogen) atoms. The van der Waals surface area contributed by atoms with Crippen LogP contribution in [-0.4, -0.2) is 36.5 Å². The van der Waals surface area contributed by atoms with E-state index in [-0.39, 0.29) is 27.4 Å². The summed E-state index contributed by atoms with van der Waals surface area (Å²) >= 11 is 7.65. The number of aromatic nitrogens is 1. The zero-order chi connectivity index (χ0) is 23.9. The Balaban J connectivity index is 1.20. The molecule has 6 rings (SSSR count). The third-order valence-corrected chi connectivity index (χ3v) is 8.53. The summed E-state index contributed by atoms with van der Waals surface area (Å²) in [6.45, 7) is 0.641. The number of nitrogens with one attached hydrogen (secondary N) is 1. The lowest BCUT2D eigenvalue weighted by Gasteiger charge is -2.55. The molecule has 180 valence electrons. The van der Waals surface area contributed by atoms with Gasteiger partial charge in [0.15, 0.2) is 5.82 Å². The normalized spacial score (nSPS) is 22.4. The molecule has 1 aliphatic carbocycles. The third kappa shape index (κ3) is 4.91. The number of benzene rings is 2. The Hall–Kier alpha value is -2.27. The number of nitrogens with zero attached hydrogens (tertiary/aromatic N) is 2. The molecular formula is C23H22ClF2N3O3S2. The predicted molar refractivity (Wildman–Crippen MR) is 127 cm³/mol. The number of ether oxygens (including phenoxy) is 1. The van der Waals surface area contributed by atoms with Gasteiger partial charge in [-0.1, -0.05) is 29.8 Å². The fraction of sp³-hybridized carbons (Fsp3) is 0.348. The molecule has 2 aliphatic heterocycles. The number of sulfonamides is 1. The van der Waals surface area contributed by atoms with Gasteiger partial charge in [-0.25, -0.2) is 22.2 Å². The monoisotopic (exact) mass is 525 g/mol. The van der Waals surface area contributed by atoms with Gasteiger partial charge in [0.2, 0.25) is 0 Å². The van der Waals surface area contributed by atoms with E-state index in [1.54, 1.807) is 23.6 Å². The minimum absolute atomic E-state index is 0.0292. The SMILES string of the molecule is O=S(=O)(Nc1cscn1)c1ccc(OC2C[C@@H]3C[C@H](C2)N3Cc2cccc(C(F)F)c2)c(Cl)c1. The Morgan fingerprint density at radius 1 is 1.18 bits per heavy atom. The van der Waals surface area contributed by atoms with Crippen molar-refractivity contribution in [3.8, 4) is 5.75 Å². The van der Waals surface area contributed by atoms with E-state index in [9.17, 15) is 17.2 Å². The molecule has 2 bridgehead atoms. The first-order valence-electron chi connectivity index (χ1n) is 10.8. The number of halogens is 3. The molecule has 2 aromatic carbocycles. The second-order valence-corrected chi connectivity index (χ2v) is 11.4. The van der Waals surface area contributed by atoms with Gasteiger partial charge in [-0.15, -0.1) is 11.3 Å². The molecule has 3 fully saturated rings. The van der Waals surface area contributed by atoms with Crippen LogP contribution in [0.15, 0.2) is 58.3 Å². The van der Waals surface area contributed by atoms with Gasteiger partial charge in [0.25, 0.3) is 16.4 Å². The van der Waals surface area contributed by atoms with Crippen LogP contribution in [0.2, 0.25) is 5.02 Å². The van der Waals surface area contributed by atoms with E-state index in [1.807, 2.05) is 6.07 Å². The summed E-state index contributed by atoms with van der Waals surface area (Å²) in [5.41, 5.74) is 2.47. The summed E-state index contributed by atoms with van der Waals surface area (Å²) < 4.78 is 59.6. The van der Waals surface area contributed by atoms with E-state index in [1.165, 1.54) is 35.0 Å². The van der Waals surface area contributed by atoms with Crippen molar-refractivity contribution in [1.82, 2.24) is 9.88 Å². The van der Waals surface area contributed by atoms with Crippen molar-refractivity contribution in [2.45, 2.75) is 55.3 Å². The number of anilines is 1. The number of piperidine rings is 1. The highest BCUT2D eigenvalue weighted by atomic mass is 35.5. The van der Waals surface area contributed by atoms with Crippen LogP contribution in [0.4, 0.5) is 14.6 Å². The summed E-state index contributed by atoms with van der Waals surface area (Å²) in [6.07, 6.45) is 0.143. The molecule has 1 aromatic heterocycles. The van der Waals surface area contributed by atoms with Gasteiger partial charge in [0.1, 0.15) is 11.9 Å². The first kappa shape index (κ1) is 23.5. The fourth-order valence-electron chi connectivity index (χ4n) is 4.69. The van der Waals surface area contributed by atoms with Crippen molar-refractivity contribution in [3.63, 3.8) is 0 Å². The van der Waals surface area contributed by atoms with Gasteiger partial charge in [0, 0.05) is 29.6 Å². The highest BCUT2D eigenvalue weighted by Crippen LogP contribution is 2.42. The molecule has 2 saturated heterocycles. The molecule has 1 unspecified atom stereocenters. The van der Waals surface area contributed by atoms with Crippen LogP contribution in [-0.2, 0) is 16.6 Å². The average molecular weight is 526 g/mol. The van der Waals surface area contributed by atoms with Gasteiger partial charge in [-0.05, 0) is 49.1 Å². The van der Waals surface area contributed by atoms with Crippen LogP contribution in [0, 0.1) is 0 Å². The molecule has 0 amide bonds. The molecule has 3 heterocycles. The number of hydrogen-bond donors (Lipinski definition) is 1. The maximum atomic E-state index is 13.0. The molecule has 0 radical (unpaired) electrons. The van der Waals surface area contributed by atoms with Crippen LogP contribution < -0.4 is 9.46 Å². The van der Waals surface area contributed by atoms with Crippen LogP contribution in [0.25, 0.3) is 0 Å². The lowest BCUT2D eigenvalue weighted by molar-refractivity contribution is -0.0790. The molecule has 3 atom stereocenters. The van der Waals surface area contributed by atoms with Crippen molar-refractivity contribution in [3.05, 3.63) is 69.5 Å². The van der Waals surface area contributed by atoms with Crippen LogP contribution >= 0.6 is 22.9 Å². The van der Waals surface area contributed by atoms with E-state index in [0.717, 1.165) is 24.8 Å². The first-order valence-corrected chi connectivity index (χ1v) is 13.6. The highest BCUT2D eigenvalue weighted by molar-refractivity contribution is 7.92.